The lowest BCUT2D eigenvalue weighted by molar-refractivity contribution is 0.0120. The number of nitrogens with two attached hydrogens (primary N) is 1. The van der Waals surface area contributed by atoms with Crippen LogP contribution in [0.5, 0.6) is 0 Å². The van der Waals surface area contributed by atoms with E-state index in [4.69, 9.17) is 15.7 Å². The zero-order chi connectivity index (χ0) is 12.2. The van der Waals surface area contributed by atoms with Gasteiger partial charge in [0.05, 0.1) is 11.3 Å². The Morgan fingerprint density at radius 1 is 1.62 bits per heavy atom. The van der Waals surface area contributed by atoms with Gasteiger partial charge in [-0.1, -0.05) is 5.16 Å². The van der Waals surface area contributed by atoms with Crippen molar-refractivity contribution in [2.24, 2.45) is 10.9 Å². The lowest BCUT2D eigenvalue weighted by Gasteiger charge is -2.23. The maximum Gasteiger partial charge on any atom is 0.186 e. The lowest BCUT2D eigenvalue weighted by atomic mass is 10.1. The molecular weight excluding hydrogens is 206 g/mol. The molecular formula is C11H19N3O2. The molecule has 1 aromatic rings. The van der Waals surface area contributed by atoms with Gasteiger partial charge in [0.1, 0.15) is 0 Å². The quantitative estimate of drug-likeness (QED) is 0.344. The van der Waals surface area contributed by atoms with E-state index >= 15 is 0 Å². The third-order valence-electron chi connectivity index (χ3n) is 2.71. The van der Waals surface area contributed by atoms with E-state index in [0.29, 0.717) is 0 Å². The number of hydrogen-bond donors (Lipinski definition) is 2. The van der Waals surface area contributed by atoms with Crippen molar-refractivity contribution in [3.63, 3.8) is 0 Å². The highest BCUT2D eigenvalue weighted by atomic mass is 16.5. The van der Waals surface area contributed by atoms with Crippen LogP contribution in [0.15, 0.2) is 23.5 Å². The van der Waals surface area contributed by atoms with Gasteiger partial charge in [0.15, 0.2) is 5.84 Å². The third-order valence-corrected chi connectivity index (χ3v) is 2.71. The number of aromatic nitrogens is 1. The van der Waals surface area contributed by atoms with Crippen molar-refractivity contribution >= 4 is 5.84 Å². The molecule has 0 spiro atoms. The Labute approximate surface area is 95.5 Å². The number of rotatable bonds is 5. The maximum atomic E-state index is 8.63. The molecule has 1 rings (SSSR count). The van der Waals surface area contributed by atoms with E-state index in [1.165, 1.54) is 0 Å². The summed E-state index contributed by atoms with van der Waals surface area (Å²) in [6.45, 7) is 4.82. The molecule has 5 nitrogen and oxygen atoms in total. The van der Waals surface area contributed by atoms with E-state index in [1.54, 1.807) is 7.11 Å². The highest BCUT2D eigenvalue weighted by molar-refractivity contribution is 5.95. The fourth-order valence-corrected chi connectivity index (χ4v) is 1.38. The van der Waals surface area contributed by atoms with Crippen molar-refractivity contribution in [2.45, 2.75) is 32.4 Å². The molecule has 3 N–H and O–H groups in total. The summed E-state index contributed by atoms with van der Waals surface area (Å²) in [4.78, 5) is 0. The minimum absolute atomic E-state index is 0.125. The predicted octanol–water partition coefficient (Wildman–Crippen LogP) is 1.40. The van der Waals surface area contributed by atoms with Crippen LogP contribution >= 0.6 is 0 Å². The summed E-state index contributed by atoms with van der Waals surface area (Å²) in [5, 5.41) is 11.6. The van der Waals surface area contributed by atoms with Crippen LogP contribution in [-0.4, -0.2) is 28.3 Å². The fourth-order valence-electron chi connectivity index (χ4n) is 1.38. The molecule has 0 amide bonds. The Morgan fingerprint density at radius 2 is 2.31 bits per heavy atom. The number of hydrogen-bond acceptors (Lipinski definition) is 3. The molecule has 0 saturated carbocycles. The standard InChI is InChI=1S/C11H19N3O2/c1-11(2,16-3)6-8-14-7-4-5-9(14)10(12)13-15/h4-5,7,15H,6,8H2,1-3H3,(H2,12,13). The van der Waals surface area contributed by atoms with Crippen LogP contribution in [0, 0.1) is 0 Å². The summed E-state index contributed by atoms with van der Waals surface area (Å²) in [6.07, 6.45) is 2.75. The molecule has 0 atom stereocenters. The Balaban J connectivity index is 2.72. The summed E-state index contributed by atoms with van der Waals surface area (Å²) in [5.74, 6) is 0.125. The Bertz CT molecular complexity index is 369. The molecule has 16 heavy (non-hydrogen) atoms. The number of aryl methyl sites for hydroxylation is 1. The van der Waals surface area contributed by atoms with Gasteiger partial charge in [-0.05, 0) is 32.4 Å². The van der Waals surface area contributed by atoms with Crippen molar-refractivity contribution in [1.82, 2.24) is 4.57 Å². The van der Waals surface area contributed by atoms with Crippen molar-refractivity contribution < 1.29 is 9.94 Å². The van der Waals surface area contributed by atoms with Crippen LogP contribution in [0.1, 0.15) is 26.0 Å². The first-order valence-electron chi connectivity index (χ1n) is 5.18. The summed E-state index contributed by atoms with van der Waals surface area (Å²) < 4.78 is 7.28. The molecule has 1 heterocycles. The second kappa shape index (κ2) is 5.03. The van der Waals surface area contributed by atoms with Crippen molar-refractivity contribution in [3.05, 3.63) is 24.0 Å². The lowest BCUT2D eigenvalue weighted by Crippen LogP contribution is -2.26. The van der Waals surface area contributed by atoms with Crippen molar-refractivity contribution in [2.75, 3.05) is 7.11 Å². The van der Waals surface area contributed by atoms with E-state index in [-0.39, 0.29) is 11.4 Å². The van der Waals surface area contributed by atoms with Gasteiger partial charge in [-0.2, -0.15) is 0 Å². The zero-order valence-corrected chi connectivity index (χ0v) is 9.97. The molecule has 0 saturated heterocycles. The van der Waals surface area contributed by atoms with Crippen molar-refractivity contribution in [3.8, 4) is 0 Å². The van der Waals surface area contributed by atoms with Gasteiger partial charge in [-0.15, -0.1) is 0 Å². The SMILES string of the molecule is COC(C)(C)CCn1cccc1/C(N)=N/O. The largest absolute Gasteiger partial charge is 0.409 e. The minimum atomic E-state index is -0.174. The van der Waals surface area contributed by atoms with Gasteiger partial charge in [0, 0.05) is 19.9 Å². The topological polar surface area (TPSA) is 72.8 Å². The molecule has 0 unspecified atom stereocenters. The summed E-state index contributed by atoms with van der Waals surface area (Å²) >= 11 is 0. The number of amidine groups is 1. The molecule has 0 bridgehead atoms. The van der Waals surface area contributed by atoms with Gasteiger partial charge >= 0.3 is 0 Å². The Kier molecular flexibility index (Phi) is 3.95. The van der Waals surface area contributed by atoms with Crippen LogP contribution in [0.3, 0.4) is 0 Å². The van der Waals surface area contributed by atoms with E-state index in [1.807, 2.05) is 36.7 Å². The average Bonchev–Trinajstić information content (AvgIpc) is 2.73. The summed E-state index contributed by atoms with van der Waals surface area (Å²) in [6, 6.07) is 3.68. The van der Waals surface area contributed by atoms with Crippen LogP contribution in [0.2, 0.25) is 0 Å². The van der Waals surface area contributed by atoms with Crippen LogP contribution in [0.4, 0.5) is 0 Å². The molecule has 90 valence electrons. The average molecular weight is 225 g/mol. The summed E-state index contributed by atoms with van der Waals surface area (Å²) in [7, 11) is 1.69. The molecule has 0 aromatic carbocycles. The van der Waals surface area contributed by atoms with E-state index in [0.717, 1.165) is 18.7 Å². The van der Waals surface area contributed by atoms with Crippen LogP contribution in [0.25, 0.3) is 0 Å². The van der Waals surface area contributed by atoms with Crippen molar-refractivity contribution in [1.29, 1.82) is 0 Å². The van der Waals surface area contributed by atoms with Gasteiger partial charge in [-0.3, -0.25) is 0 Å². The Morgan fingerprint density at radius 3 is 2.88 bits per heavy atom. The third kappa shape index (κ3) is 3.00. The minimum Gasteiger partial charge on any atom is -0.409 e. The fraction of sp³-hybridized carbons (Fsp3) is 0.545. The second-order valence-electron chi connectivity index (χ2n) is 4.29. The molecule has 0 aliphatic rings. The van der Waals surface area contributed by atoms with Gasteiger partial charge in [-0.25, -0.2) is 0 Å². The first-order valence-corrected chi connectivity index (χ1v) is 5.18. The number of methoxy groups -OCH3 is 1. The van der Waals surface area contributed by atoms with Gasteiger partial charge in [0.25, 0.3) is 0 Å². The van der Waals surface area contributed by atoms with Crippen LogP contribution in [-0.2, 0) is 11.3 Å². The number of nitrogens with zero attached hydrogens (tertiary/aromatic N) is 2. The normalized spacial score (nSPS) is 13.1. The predicted molar refractivity (Wildman–Crippen MR) is 62.6 cm³/mol. The smallest absolute Gasteiger partial charge is 0.186 e. The Hall–Kier alpha value is -1.49. The van der Waals surface area contributed by atoms with E-state index in [9.17, 15) is 0 Å². The molecule has 0 radical (unpaired) electrons. The summed E-state index contributed by atoms with van der Waals surface area (Å²) in [5.41, 5.74) is 6.10. The van der Waals surface area contributed by atoms with Crippen LogP contribution < -0.4 is 5.73 Å². The zero-order valence-electron chi connectivity index (χ0n) is 9.97. The number of oxime groups is 1. The van der Waals surface area contributed by atoms with Gasteiger partial charge < -0.3 is 20.2 Å². The molecule has 5 heteroatoms. The first kappa shape index (κ1) is 12.6. The highest BCUT2D eigenvalue weighted by Crippen LogP contribution is 2.15. The first-order chi connectivity index (χ1) is 7.50. The molecule has 0 aliphatic heterocycles. The maximum absolute atomic E-state index is 8.63. The monoisotopic (exact) mass is 225 g/mol. The van der Waals surface area contributed by atoms with Gasteiger partial charge in [0.2, 0.25) is 0 Å². The number of ether oxygens (including phenoxy) is 1. The second-order valence-corrected chi connectivity index (χ2v) is 4.29. The van der Waals surface area contributed by atoms with E-state index in [2.05, 4.69) is 5.16 Å². The highest BCUT2D eigenvalue weighted by Gasteiger charge is 2.16. The van der Waals surface area contributed by atoms with E-state index < -0.39 is 0 Å². The molecule has 1 aromatic heterocycles. The molecule has 0 fully saturated rings. The molecule has 0 aliphatic carbocycles.